The van der Waals surface area contributed by atoms with Gasteiger partial charge < -0.3 is 0 Å². The monoisotopic (exact) mass is 843 g/mol. The minimum absolute atomic E-state index is 0.300. The van der Waals surface area contributed by atoms with E-state index in [0.29, 0.717) is 47.3 Å². The second kappa shape index (κ2) is 16.5. The Balaban J connectivity index is 1.12. The van der Waals surface area contributed by atoms with Gasteiger partial charge in [-0.3, -0.25) is 0 Å². The van der Waals surface area contributed by atoms with Crippen LogP contribution < -0.4 is 0 Å². The van der Waals surface area contributed by atoms with Crippen molar-refractivity contribution in [1.29, 1.82) is 0 Å². The molecule has 8 aliphatic carbocycles. The van der Waals surface area contributed by atoms with E-state index in [2.05, 4.69) is 132 Å². The molecule has 0 N–H and O–H groups in total. The maximum atomic E-state index is 4.88. The molecule has 0 spiro atoms. The van der Waals surface area contributed by atoms with Gasteiger partial charge in [-0.25, -0.2) is 0 Å². The van der Waals surface area contributed by atoms with E-state index in [1.807, 2.05) is 0 Å². The molecule has 8 rings (SSSR count). The van der Waals surface area contributed by atoms with Crippen LogP contribution in [0.3, 0.4) is 0 Å². The molecule has 0 radical (unpaired) electrons. The first-order chi connectivity index (χ1) is 29.6. The molecule has 8 aliphatic rings. The van der Waals surface area contributed by atoms with E-state index in [0.717, 1.165) is 49.9 Å². The van der Waals surface area contributed by atoms with Gasteiger partial charge in [0, 0.05) is 11.8 Å². The van der Waals surface area contributed by atoms with Crippen molar-refractivity contribution in [3.8, 4) is 0 Å². The fourth-order valence-corrected chi connectivity index (χ4v) is 14.5. The molecule has 338 valence electrons. The number of allylic oxidation sites excluding steroid dienone is 24. The molecule has 0 aromatic carbocycles. The van der Waals surface area contributed by atoms with E-state index >= 15 is 0 Å². The van der Waals surface area contributed by atoms with Crippen LogP contribution in [0.4, 0.5) is 0 Å². The first-order valence-corrected chi connectivity index (χ1v) is 25.8. The van der Waals surface area contributed by atoms with Crippen molar-refractivity contribution in [2.24, 2.45) is 65.1 Å². The Morgan fingerprint density at radius 2 is 0.810 bits per heavy atom. The van der Waals surface area contributed by atoms with Crippen LogP contribution in [0.2, 0.25) is 0 Å². The van der Waals surface area contributed by atoms with Gasteiger partial charge in [0.05, 0.1) is 0 Å². The van der Waals surface area contributed by atoms with Crippen molar-refractivity contribution in [2.75, 3.05) is 0 Å². The number of rotatable bonds is 13. The topological polar surface area (TPSA) is 0 Å². The van der Waals surface area contributed by atoms with Gasteiger partial charge in [0.1, 0.15) is 0 Å². The summed E-state index contributed by atoms with van der Waals surface area (Å²) in [6.07, 6.45) is 7.94. The van der Waals surface area contributed by atoms with E-state index in [9.17, 15) is 0 Å². The smallest absolute Gasteiger partial charge is 0.00706 e. The number of fused-ring (bicyclic) bond motifs is 3. The average Bonchev–Trinajstić information content (AvgIpc) is 4.13. The highest BCUT2D eigenvalue weighted by molar-refractivity contribution is 5.81. The second-order valence-electron chi connectivity index (χ2n) is 23.3. The van der Waals surface area contributed by atoms with Crippen molar-refractivity contribution in [1.82, 2.24) is 0 Å². The molecule has 0 aromatic rings. The minimum atomic E-state index is 0.300. The largest absolute Gasteiger partial charge is 0.0946 e. The van der Waals surface area contributed by atoms with Gasteiger partial charge in [0.2, 0.25) is 0 Å². The molecular formula is C63H86. The van der Waals surface area contributed by atoms with Crippen molar-refractivity contribution in [3.63, 3.8) is 0 Å². The first-order valence-electron chi connectivity index (χ1n) is 25.8. The van der Waals surface area contributed by atoms with Gasteiger partial charge in [-0.1, -0.05) is 121 Å². The highest BCUT2D eigenvalue weighted by Crippen LogP contribution is 2.64. The van der Waals surface area contributed by atoms with Crippen molar-refractivity contribution >= 4 is 0 Å². The van der Waals surface area contributed by atoms with Crippen LogP contribution in [-0.4, -0.2) is 0 Å². The summed E-state index contributed by atoms with van der Waals surface area (Å²) in [5, 5.41) is 0. The summed E-state index contributed by atoms with van der Waals surface area (Å²) in [4.78, 5) is 0. The van der Waals surface area contributed by atoms with Gasteiger partial charge in [0.15, 0.2) is 0 Å². The Morgan fingerprint density at radius 3 is 1.32 bits per heavy atom. The zero-order chi connectivity index (χ0) is 46.2. The van der Waals surface area contributed by atoms with Crippen molar-refractivity contribution in [3.05, 3.63) is 147 Å². The molecule has 0 heterocycles. The lowest BCUT2D eigenvalue weighted by Gasteiger charge is -2.36. The van der Waals surface area contributed by atoms with Crippen LogP contribution in [0.15, 0.2) is 147 Å². The molecule has 0 bridgehead atoms. The Hall–Kier alpha value is -3.38. The van der Waals surface area contributed by atoms with Crippen LogP contribution in [0.5, 0.6) is 0 Å². The molecule has 63 heavy (non-hydrogen) atoms. The Kier molecular flexibility index (Phi) is 12.1. The van der Waals surface area contributed by atoms with E-state index < -0.39 is 0 Å². The number of hydrogen-bond donors (Lipinski definition) is 0. The molecule has 0 aromatic heterocycles. The zero-order valence-electron chi connectivity index (χ0n) is 43.7. The maximum Gasteiger partial charge on any atom is 0.00706 e. The van der Waals surface area contributed by atoms with Crippen molar-refractivity contribution < 1.29 is 0 Å². The molecule has 0 nitrogen and oxygen atoms in total. The average molecular weight is 843 g/mol. The van der Waals surface area contributed by atoms with Gasteiger partial charge in [-0.2, -0.15) is 0 Å². The van der Waals surface area contributed by atoms with Crippen LogP contribution in [0.25, 0.3) is 0 Å². The first kappa shape index (κ1) is 46.2. The lowest BCUT2D eigenvalue weighted by Crippen LogP contribution is -2.29. The maximum absolute atomic E-state index is 4.88. The van der Waals surface area contributed by atoms with Crippen LogP contribution >= 0.6 is 0 Å². The quantitative estimate of drug-likeness (QED) is 0.173. The van der Waals surface area contributed by atoms with Gasteiger partial charge in [-0.05, 0) is 256 Å². The molecule has 10 atom stereocenters. The zero-order valence-corrected chi connectivity index (χ0v) is 43.7. The van der Waals surface area contributed by atoms with E-state index in [1.165, 1.54) is 74.1 Å². The predicted octanol–water partition coefficient (Wildman–Crippen LogP) is 18.4. The summed E-state index contributed by atoms with van der Waals surface area (Å²) in [6, 6.07) is 0. The Labute approximate surface area is 386 Å². The lowest BCUT2D eigenvalue weighted by molar-refractivity contribution is 0.154. The number of hydrogen-bond acceptors (Lipinski definition) is 0. The molecule has 0 aliphatic heterocycles. The fourth-order valence-electron chi connectivity index (χ4n) is 14.5. The molecular weight excluding hydrogens is 757 g/mol. The summed E-state index contributed by atoms with van der Waals surface area (Å²) in [7, 11) is 0. The Morgan fingerprint density at radius 1 is 0.413 bits per heavy atom. The third kappa shape index (κ3) is 6.77. The van der Waals surface area contributed by atoms with E-state index in [1.54, 1.807) is 72.5 Å². The lowest BCUT2D eigenvalue weighted by atomic mass is 9.69. The molecule has 0 amide bonds. The van der Waals surface area contributed by atoms with E-state index in [-0.39, 0.29) is 0 Å². The van der Waals surface area contributed by atoms with Crippen LogP contribution in [0, 0.1) is 65.1 Å². The van der Waals surface area contributed by atoms with Crippen LogP contribution in [-0.2, 0) is 0 Å². The molecule has 0 heteroatoms. The normalized spacial score (nSPS) is 27.9. The SMILES string of the molecule is C=C1C2=C(C3=C(C)C(C)=C(C4=C(C(C)C(C)C(C)CC)C5=C(C4)C4=C(C5)C5=C(C4)C(C(C)C(C)C(C)C(C)C(C)C(C)C)=C(C)C5)C3)C(C)C(=C)C2=C(C2=C(C)C(C)=C(C)C2)C1C. The third-order valence-corrected chi connectivity index (χ3v) is 20.6. The minimum Gasteiger partial charge on any atom is -0.0946 e. The van der Waals surface area contributed by atoms with E-state index in [4.69, 9.17) is 13.2 Å². The molecule has 0 fully saturated rings. The summed E-state index contributed by atoms with van der Waals surface area (Å²) >= 11 is 0. The van der Waals surface area contributed by atoms with Gasteiger partial charge in [-0.15, -0.1) is 0 Å². The highest BCUT2D eigenvalue weighted by atomic mass is 14.5. The predicted molar refractivity (Wildman–Crippen MR) is 274 cm³/mol. The standard InChI is InChI=1S/C63H86/c1-22-30(4)34(8)42(16)59-55(28-54-53-26-56-51(52(53)27-57(54)59)24-32(6)58(56)43(17)38(12)37(11)36(10)33(7)29(2)3)48-25-50(41(15)40(48)14)61-45(19)47(21)62-60(44(18)46(20)63(61)62)49-23-31(5)35(9)39(49)13/h29-30,33-34,36-38,42-45H,20-28H2,1-19H3. The van der Waals surface area contributed by atoms with Crippen molar-refractivity contribution in [2.45, 2.75) is 176 Å². The molecule has 0 saturated carbocycles. The summed E-state index contributed by atoms with van der Waals surface area (Å²) in [6.45, 7) is 56.6. The van der Waals surface area contributed by atoms with Crippen LogP contribution in [0.1, 0.15) is 176 Å². The summed E-state index contributed by atoms with van der Waals surface area (Å²) in [5.41, 5.74) is 38.0. The van der Waals surface area contributed by atoms with Gasteiger partial charge >= 0.3 is 0 Å². The molecule has 10 unspecified atom stereocenters. The van der Waals surface area contributed by atoms with Gasteiger partial charge in [0.25, 0.3) is 0 Å². The summed E-state index contributed by atoms with van der Waals surface area (Å²) in [5.74, 6) is 6.61. The summed E-state index contributed by atoms with van der Waals surface area (Å²) < 4.78 is 0. The second-order valence-corrected chi connectivity index (χ2v) is 23.3. The third-order valence-electron chi connectivity index (χ3n) is 20.6. The fraction of sp³-hybridized carbons (Fsp3) is 0.587. The highest BCUT2D eigenvalue weighted by Gasteiger charge is 2.47. The molecule has 0 saturated heterocycles. The Bertz CT molecular complexity index is 2470.